The number of allylic oxidation sites excluding steroid dienone is 1. The molecule has 3 N–H and O–H groups in total. The van der Waals surface area contributed by atoms with Gasteiger partial charge in [0.15, 0.2) is 0 Å². The van der Waals surface area contributed by atoms with Crippen molar-refractivity contribution in [2.75, 3.05) is 19.0 Å². The molecule has 7 nitrogen and oxygen atoms in total. The summed E-state index contributed by atoms with van der Waals surface area (Å²) in [4.78, 5) is 42.9. The van der Waals surface area contributed by atoms with E-state index in [1.54, 1.807) is 7.05 Å². The minimum Gasteiger partial charge on any atom is -0.394 e. The van der Waals surface area contributed by atoms with E-state index in [2.05, 4.69) is 17.6 Å². The Labute approximate surface area is 218 Å². The first-order valence-electron chi connectivity index (χ1n) is 13.1. The number of nitrogens with zero attached hydrogens (tertiary/aromatic N) is 1. The molecular formula is C30H37N3O4. The summed E-state index contributed by atoms with van der Waals surface area (Å²) in [6, 6.07) is 13.5. The first-order chi connectivity index (χ1) is 17.8. The highest BCUT2D eigenvalue weighted by Crippen LogP contribution is 2.48. The molecule has 2 aliphatic rings. The number of fused-ring (bicyclic) bond motifs is 1. The fourth-order valence-corrected chi connectivity index (χ4v) is 6.15. The highest BCUT2D eigenvalue weighted by molar-refractivity contribution is 6.02. The number of benzene rings is 2. The summed E-state index contributed by atoms with van der Waals surface area (Å²) < 4.78 is 0. The van der Waals surface area contributed by atoms with Gasteiger partial charge in [-0.1, -0.05) is 74.0 Å². The minimum absolute atomic E-state index is 0.0956. The van der Waals surface area contributed by atoms with Crippen LogP contribution in [0, 0.1) is 37.5 Å². The maximum absolute atomic E-state index is 14.2. The van der Waals surface area contributed by atoms with Crippen molar-refractivity contribution in [2.45, 2.75) is 45.7 Å². The average Bonchev–Trinajstić information content (AvgIpc) is 3.19. The number of carbonyl (C=O) groups is 3. The molecule has 196 valence electrons. The van der Waals surface area contributed by atoms with E-state index >= 15 is 0 Å². The number of para-hydroxylation sites is 1. The smallest absolute Gasteiger partial charge is 0.247 e. The number of aryl methyl sites for hydroxylation is 2. The van der Waals surface area contributed by atoms with Crippen molar-refractivity contribution in [1.29, 1.82) is 0 Å². The van der Waals surface area contributed by atoms with E-state index < -0.39 is 29.8 Å². The zero-order valence-corrected chi connectivity index (χ0v) is 22.0. The van der Waals surface area contributed by atoms with Crippen LogP contribution in [0.3, 0.4) is 0 Å². The second-order valence-corrected chi connectivity index (χ2v) is 10.1. The van der Waals surface area contributed by atoms with E-state index in [0.29, 0.717) is 0 Å². The molecule has 0 saturated carbocycles. The first kappa shape index (κ1) is 26.6. The average molecular weight is 504 g/mol. The van der Waals surface area contributed by atoms with Crippen molar-refractivity contribution >= 4 is 23.4 Å². The molecule has 0 aromatic heterocycles. The van der Waals surface area contributed by atoms with Crippen LogP contribution in [0.2, 0.25) is 0 Å². The summed E-state index contributed by atoms with van der Waals surface area (Å²) in [5.41, 5.74) is 3.31. The van der Waals surface area contributed by atoms with Gasteiger partial charge in [-0.25, -0.2) is 0 Å². The van der Waals surface area contributed by atoms with Crippen LogP contribution >= 0.6 is 0 Å². The molecule has 1 aliphatic heterocycles. The lowest BCUT2D eigenvalue weighted by molar-refractivity contribution is -0.143. The zero-order chi connectivity index (χ0) is 26.7. The Morgan fingerprint density at radius 2 is 1.68 bits per heavy atom. The van der Waals surface area contributed by atoms with Crippen molar-refractivity contribution < 1.29 is 19.5 Å². The number of carbonyl (C=O) groups excluding carboxylic acids is 3. The third-order valence-electron chi connectivity index (χ3n) is 7.91. The first-order valence-corrected chi connectivity index (χ1v) is 13.1. The molecule has 6 atom stereocenters. The number of hydrogen-bond donors (Lipinski definition) is 3. The van der Waals surface area contributed by atoms with E-state index in [0.717, 1.165) is 35.2 Å². The topological polar surface area (TPSA) is 98.7 Å². The predicted octanol–water partition coefficient (Wildman–Crippen LogP) is 3.77. The lowest BCUT2D eigenvalue weighted by Crippen LogP contribution is -2.47. The van der Waals surface area contributed by atoms with Crippen molar-refractivity contribution in [3.63, 3.8) is 0 Å². The third-order valence-corrected chi connectivity index (χ3v) is 7.91. The molecule has 37 heavy (non-hydrogen) atoms. The summed E-state index contributed by atoms with van der Waals surface area (Å²) in [7, 11) is 1.58. The number of rotatable bonds is 8. The molecule has 1 fully saturated rings. The highest BCUT2D eigenvalue weighted by Gasteiger charge is 2.58. The summed E-state index contributed by atoms with van der Waals surface area (Å²) in [5.74, 6) is -2.64. The Kier molecular flexibility index (Phi) is 8.13. The molecule has 7 heteroatoms. The molecule has 0 radical (unpaired) electrons. The Bertz CT molecular complexity index is 1160. The van der Waals surface area contributed by atoms with Crippen LogP contribution in [0.5, 0.6) is 0 Å². The fourth-order valence-electron chi connectivity index (χ4n) is 6.15. The molecule has 2 aromatic carbocycles. The molecule has 1 aliphatic carbocycles. The Morgan fingerprint density at radius 3 is 2.27 bits per heavy atom. The Hall–Kier alpha value is -3.45. The van der Waals surface area contributed by atoms with Gasteiger partial charge in [0.1, 0.15) is 6.04 Å². The maximum Gasteiger partial charge on any atom is 0.247 e. The zero-order valence-electron chi connectivity index (χ0n) is 22.0. The SMILES string of the molecule is CCC[C@@H]1C=C[C@H]2[C@H](C(=O)N([C@H](CO)c3ccccc3)[C@@H]2C(=O)Nc2c(C)cccc2C)[C@@H]1C(=O)NC. The standard InChI is InChI=1S/C30H37N3O4/c1-5-10-21-15-16-22-25(24(21)28(35)31-4)30(37)33(23(17-34)20-13-7-6-8-14-20)27(22)29(36)32-26-18(2)11-9-12-19(26)3/h6-9,11-16,21-25,27,34H,5,10,17H2,1-4H3,(H,31,35)(H,32,36)/t21-,22+,23-,24-,25+,27+/m1/s1. The van der Waals surface area contributed by atoms with Gasteiger partial charge >= 0.3 is 0 Å². The Balaban J connectivity index is 1.82. The molecule has 0 spiro atoms. The number of aliphatic hydroxyl groups is 1. The van der Waals surface area contributed by atoms with Crippen LogP contribution in [0.25, 0.3) is 0 Å². The molecule has 0 unspecified atom stereocenters. The summed E-state index contributed by atoms with van der Waals surface area (Å²) in [5, 5.41) is 16.3. The van der Waals surface area contributed by atoms with Crippen LogP contribution in [0.4, 0.5) is 5.69 Å². The van der Waals surface area contributed by atoms with E-state index in [-0.39, 0.29) is 30.2 Å². The van der Waals surface area contributed by atoms with Gasteiger partial charge in [0.25, 0.3) is 0 Å². The van der Waals surface area contributed by atoms with Gasteiger partial charge in [-0.2, -0.15) is 0 Å². The number of aliphatic hydroxyl groups excluding tert-OH is 1. The normalized spacial score (nSPS) is 25.5. The van der Waals surface area contributed by atoms with Crippen molar-refractivity contribution in [3.05, 3.63) is 77.4 Å². The van der Waals surface area contributed by atoms with Gasteiger partial charge < -0.3 is 20.6 Å². The maximum atomic E-state index is 14.2. The minimum atomic E-state index is -0.875. The highest BCUT2D eigenvalue weighted by atomic mass is 16.3. The van der Waals surface area contributed by atoms with Crippen LogP contribution in [0.1, 0.15) is 42.5 Å². The second-order valence-electron chi connectivity index (χ2n) is 10.1. The molecule has 2 aromatic rings. The van der Waals surface area contributed by atoms with Gasteiger partial charge in [0, 0.05) is 18.7 Å². The van der Waals surface area contributed by atoms with E-state index in [9.17, 15) is 19.5 Å². The second kappa shape index (κ2) is 11.3. The number of amides is 3. The number of hydrogen-bond acceptors (Lipinski definition) is 4. The summed E-state index contributed by atoms with van der Waals surface area (Å²) in [6.07, 6.45) is 5.61. The molecule has 1 saturated heterocycles. The van der Waals surface area contributed by atoms with Gasteiger partial charge in [0.05, 0.1) is 24.5 Å². The van der Waals surface area contributed by atoms with Gasteiger partial charge in [-0.15, -0.1) is 0 Å². The Morgan fingerprint density at radius 1 is 1.00 bits per heavy atom. The molecule has 1 heterocycles. The lowest BCUT2D eigenvalue weighted by atomic mass is 9.68. The van der Waals surface area contributed by atoms with Gasteiger partial charge in [0.2, 0.25) is 17.7 Å². The van der Waals surface area contributed by atoms with Gasteiger partial charge in [-0.05, 0) is 42.9 Å². The number of nitrogens with one attached hydrogen (secondary N) is 2. The molecule has 3 amide bonds. The van der Waals surface area contributed by atoms with Crippen molar-refractivity contribution in [3.8, 4) is 0 Å². The predicted molar refractivity (Wildman–Crippen MR) is 144 cm³/mol. The van der Waals surface area contributed by atoms with Crippen LogP contribution in [-0.4, -0.2) is 47.4 Å². The van der Waals surface area contributed by atoms with Crippen molar-refractivity contribution in [1.82, 2.24) is 10.2 Å². The number of likely N-dealkylation sites (tertiary alicyclic amines) is 1. The lowest BCUT2D eigenvalue weighted by Gasteiger charge is -2.34. The summed E-state index contributed by atoms with van der Waals surface area (Å²) >= 11 is 0. The largest absolute Gasteiger partial charge is 0.394 e. The van der Waals surface area contributed by atoms with Crippen molar-refractivity contribution in [2.24, 2.45) is 23.7 Å². The summed E-state index contributed by atoms with van der Waals surface area (Å²) in [6.45, 7) is 5.58. The molecule has 4 rings (SSSR count). The monoisotopic (exact) mass is 503 g/mol. The van der Waals surface area contributed by atoms with Gasteiger partial charge in [-0.3, -0.25) is 14.4 Å². The van der Waals surface area contributed by atoms with Crippen LogP contribution < -0.4 is 10.6 Å². The third kappa shape index (κ3) is 4.92. The fraction of sp³-hybridized carbons (Fsp3) is 0.433. The number of anilines is 1. The van der Waals surface area contributed by atoms with Crippen LogP contribution in [-0.2, 0) is 14.4 Å². The molecule has 0 bridgehead atoms. The van der Waals surface area contributed by atoms with E-state index in [1.165, 1.54) is 4.90 Å². The molecular weight excluding hydrogens is 466 g/mol. The van der Waals surface area contributed by atoms with Crippen LogP contribution in [0.15, 0.2) is 60.7 Å². The quantitative estimate of drug-likeness (QED) is 0.478. The van der Waals surface area contributed by atoms with E-state index in [4.69, 9.17) is 0 Å². The van der Waals surface area contributed by atoms with E-state index in [1.807, 2.05) is 74.5 Å².